The molecule has 0 spiro atoms. The smallest absolute Gasteiger partial charge is 0.251 e. The van der Waals surface area contributed by atoms with E-state index >= 15 is 0 Å². The van der Waals surface area contributed by atoms with Gasteiger partial charge in [0.1, 0.15) is 5.82 Å². The van der Waals surface area contributed by atoms with E-state index in [9.17, 15) is 14.0 Å². The summed E-state index contributed by atoms with van der Waals surface area (Å²) in [6.45, 7) is 1.24. The third kappa shape index (κ3) is 6.25. The van der Waals surface area contributed by atoms with Gasteiger partial charge in [0.25, 0.3) is 5.91 Å². The summed E-state index contributed by atoms with van der Waals surface area (Å²) >= 11 is 0. The van der Waals surface area contributed by atoms with Crippen molar-refractivity contribution >= 4 is 17.5 Å². The highest BCUT2D eigenvalue weighted by Gasteiger charge is 2.08. The summed E-state index contributed by atoms with van der Waals surface area (Å²) in [5.74, 6) is -1.06. The van der Waals surface area contributed by atoms with Gasteiger partial charge < -0.3 is 15.5 Å². The summed E-state index contributed by atoms with van der Waals surface area (Å²) in [5, 5.41) is 5.27. The average molecular weight is 343 g/mol. The number of rotatable bonds is 8. The second-order valence-corrected chi connectivity index (χ2v) is 5.65. The Morgan fingerprint density at radius 3 is 2.36 bits per heavy atom. The van der Waals surface area contributed by atoms with Gasteiger partial charge in [0, 0.05) is 31.4 Å². The molecule has 0 aliphatic heterocycles. The third-order valence-electron chi connectivity index (χ3n) is 3.71. The van der Waals surface area contributed by atoms with Crippen LogP contribution in [-0.4, -0.2) is 38.5 Å². The Kier molecular flexibility index (Phi) is 6.95. The van der Waals surface area contributed by atoms with Crippen molar-refractivity contribution in [3.05, 3.63) is 66.0 Å². The molecular weight excluding hydrogens is 321 g/mol. The average Bonchev–Trinajstić information content (AvgIpc) is 2.64. The van der Waals surface area contributed by atoms with E-state index in [4.69, 9.17) is 0 Å². The van der Waals surface area contributed by atoms with Gasteiger partial charge in [-0.3, -0.25) is 9.59 Å². The molecule has 2 aromatic carbocycles. The maximum absolute atomic E-state index is 12.8. The van der Waals surface area contributed by atoms with Crippen molar-refractivity contribution in [1.82, 2.24) is 10.6 Å². The molecule has 0 heterocycles. The lowest BCUT2D eigenvalue weighted by molar-refractivity contribution is -0.120. The lowest BCUT2D eigenvalue weighted by atomic mass is 10.2. The van der Waals surface area contributed by atoms with Crippen LogP contribution in [0.4, 0.5) is 10.1 Å². The highest BCUT2D eigenvalue weighted by Crippen LogP contribution is 2.10. The van der Waals surface area contributed by atoms with Crippen LogP contribution in [0.25, 0.3) is 0 Å². The minimum absolute atomic E-state index is 0.106. The zero-order valence-electron chi connectivity index (χ0n) is 14.2. The predicted octanol–water partition coefficient (Wildman–Crippen LogP) is 2.20. The summed E-state index contributed by atoms with van der Waals surface area (Å²) in [5.41, 5.74) is 1.44. The van der Waals surface area contributed by atoms with Crippen molar-refractivity contribution in [1.29, 1.82) is 0 Å². The predicted molar refractivity (Wildman–Crippen MR) is 96.1 cm³/mol. The van der Waals surface area contributed by atoms with Crippen LogP contribution in [0.3, 0.4) is 0 Å². The van der Waals surface area contributed by atoms with Gasteiger partial charge in [0.2, 0.25) is 5.91 Å². The van der Waals surface area contributed by atoms with Gasteiger partial charge >= 0.3 is 0 Å². The molecule has 0 aromatic heterocycles. The molecule has 25 heavy (non-hydrogen) atoms. The number of benzene rings is 2. The molecule has 0 saturated carbocycles. The molecule has 5 nitrogen and oxygen atoms in total. The zero-order chi connectivity index (χ0) is 18.1. The molecule has 0 saturated heterocycles. The van der Waals surface area contributed by atoms with E-state index in [0.717, 1.165) is 18.7 Å². The lowest BCUT2D eigenvalue weighted by Crippen LogP contribution is -2.38. The summed E-state index contributed by atoms with van der Waals surface area (Å²) in [4.78, 5) is 25.7. The largest absolute Gasteiger partial charge is 0.375 e. The number of para-hydroxylation sites is 1. The van der Waals surface area contributed by atoms with Crippen LogP contribution < -0.4 is 15.5 Å². The Balaban J connectivity index is 1.62. The number of amides is 2. The molecule has 0 radical (unpaired) electrons. The fraction of sp³-hybridized carbons (Fsp3) is 0.263. The molecule has 0 aliphatic rings. The number of halogens is 1. The SMILES string of the molecule is CN(CCCNC(=O)CNC(=O)c1ccc(F)cc1)c1ccccc1. The van der Waals surface area contributed by atoms with Crippen molar-refractivity contribution in [2.24, 2.45) is 0 Å². The molecule has 2 rings (SSSR count). The Hall–Kier alpha value is -2.89. The number of anilines is 1. The van der Waals surface area contributed by atoms with E-state index < -0.39 is 11.7 Å². The molecule has 0 unspecified atom stereocenters. The first-order chi connectivity index (χ1) is 12.1. The molecule has 2 aromatic rings. The first kappa shape index (κ1) is 18.4. The molecule has 6 heteroatoms. The van der Waals surface area contributed by atoms with Crippen molar-refractivity contribution in [2.45, 2.75) is 6.42 Å². The summed E-state index contributed by atoms with van der Waals surface area (Å²) < 4.78 is 12.8. The second-order valence-electron chi connectivity index (χ2n) is 5.65. The number of hydrogen-bond donors (Lipinski definition) is 2. The Morgan fingerprint density at radius 2 is 1.68 bits per heavy atom. The summed E-state index contributed by atoms with van der Waals surface area (Å²) in [6, 6.07) is 15.2. The van der Waals surface area contributed by atoms with Crippen LogP contribution in [0, 0.1) is 5.82 Å². The molecule has 2 amide bonds. The molecule has 0 bridgehead atoms. The maximum Gasteiger partial charge on any atom is 0.251 e. The summed E-state index contributed by atoms with van der Waals surface area (Å²) in [7, 11) is 2.00. The van der Waals surface area contributed by atoms with Crippen LogP contribution in [0.15, 0.2) is 54.6 Å². The van der Waals surface area contributed by atoms with E-state index in [0.29, 0.717) is 12.1 Å². The van der Waals surface area contributed by atoms with Crippen LogP contribution in [-0.2, 0) is 4.79 Å². The molecule has 2 N–H and O–H groups in total. The monoisotopic (exact) mass is 343 g/mol. The van der Waals surface area contributed by atoms with E-state index in [2.05, 4.69) is 15.5 Å². The van der Waals surface area contributed by atoms with Gasteiger partial charge in [0.15, 0.2) is 0 Å². The normalized spacial score (nSPS) is 10.2. The molecule has 132 valence electrons. The Bertz CT molecular complexity index is 690. The molecule has 0 atom stereocenters. The van der Waals surface area contributed by atoms with Crippen molar-refractivity contribution in [3.8, 4) is 0 Å². The van der Waals surface area contributed by atoms with Gasteiger partial charge in [-0.25, -0.2) is 4.39 Å². The Morgan fingerprint density at radius 1 is 1.00 bits per heavy atom. The van der Waals surface area contributed by atoms with E-state index in [1.807, 2.05) is 37.4 Å². The van der Waals surface area contributed by atoms with Crippen LogP contribution in [0.1, 0.15) is 16.8 Å². The number of carbonyl (C=O) groups is 2. The highest BCUT2D eigenvalue weighted by atomic mass is 19.1. The van der Waals surface area contributed by atoms with Gasteiger partial charge in [-0.15, -0.1) is 0 Å². The van der Waals surface area contributed by atoms with Gasteiger partial charge in [-0.05, 0) is 42.8 Å². The molecule has 0 fully saturated rings. The first-order valence-corrected chi connectivity index (χ1v) is 8.13. The topological polar surface area (TPSA) is 61.4 Å². The van der Waals surface area contributed by atoms with Gasteiger partial charge in [0.05, 0.1) is 6.54 Å². The highest BCUT2D eigenvalue weighted by molar-refractivity contribution is 5.96. The minimum atomic E-state index is -0.408. The second kappa shape index (κ2) is 9.42. The van der Waals surface area contributed by atoms with Crippen molar-refractivity contribution < 1.29 is 14.0 Å². The van der Waals surface area contributed by atoms with Crippen LogP contribution in [0.5, 0.6) is 0 Å². The molecular formula is C19H22FN3O2. The van der Waals surface area contributed by atoms with Crippen molar-refractivity contribution in [2.75, 3.05) is 31.6 Å². The first-order valence-electron chi connectivity index (χ1n) is 8.13. The zero-order valence-corrected chi connectivity index (χ0v) is 14.2. The number of carbonyl (C=O) groups excluding carboxylic acids is 2. The van der Waals surface area contributed by atoms with E-state index in [1.54, 1.807) is 0 Å². The number of hydrogen-bond acceptors (Lipinski definition) is 3. The van der Waals surface area contributed by atoms with Crippen molar-refractivity contribution in [3.63, 3.8) is 0 Å². The van der Waals surface area contributed by atoms with Crippen LogP contribution >= 0.6 is 0 Å². The minimum Gasteiger partial charge on any atom is -0.375 e. The quantitative estimate of drug-likeness (QED) is 0.723. The number of nitrogens with zero attached hydrogens (tertiary/aromatic N) is 1. The van der Waals surface area contributed by atoms with Gasteiger partial charge in [-0.1, -0.05) is 18.2 Å². The van der Waals surface area contributed by atoms with E-state index in [-0.39, 0.29) is 12.5 Å². The fourth-order valence-electron chi connectivity index (χ4n) is 2.28. The third-order valence-corrected chi connectivity index (χ3v) is 3.71. The standard InChI is InChI=1S/C19H22FN3O2/c1-23(17-6-3-2-4-7-17)13-5-12-21-18(24)14-22-19(25)15-8-10-16(20)11-9-15/h2-4,6-11H,5,12-14H2,1H3,(H,21,24)(H,22,25). The lowest BCUT2D eigenvalue weighted by Gasteiger charge is -2.19. The summed E-state index contributed by atoms with van der Waals surface area (Å²) in [6.07, 6.45) is 0.795. The van der Waals surface area contributed by atoms with Crippen LogP contribution in [0.2, 0.25) is 0 Å². The Labute approximate surface area is 146 Å². The number of nitrogens with one attached hydrogen (secondary N) is 2. The molecule has 0 aliphatic carbocycles. The van der Waals surface area contributed by atoms with E-state index in [1.165, 1.54) is 24.3 Å². The fourth-order valence-corrected chi connectivity index (χ4v) is 2.28. The maximum atomic E-state index is 12.8. The van der Waals surface area contributed by atoms with Gasteiger partial charge in [-0.2, -0.15) is 0 Å².